The molecule has 0 unspecified atom stereocenters. The molecule has 1 amide bonds. The maximum atomic E-state index is 12.3. The summed E-state index contributed by atoms with van der Waals surface area (Å²) in [5.41, 5.74) is 4.50. The number of nitrogens with zero attached hydrogens (tertiary/aromatic N) is 2. The van der Waals surface area contributed by atoms with Gasteiger partial charge in [-0.1, -0.05) is 36.4 Å². The third-order valence-corrected chi connectivity index (χ3v) is 5.48. The quantitative estimate of drug-likeness (QED) is 0.813. The SMILES string of the molecule is O=C1C[C@@H]2c3ccccc3N3C=Nc4ccccc4[C@@]23CCN1. The van der Waals surface area contributed by atoms with Crippen LogP contribution in [-0.2, 0) is 10.3 Å². The third kappa shape index (κ3) is 1.55. The number of anilines is 1. The van der Waals surface area contributed by atoms with Crippen molar-refractivity contribution < 1.29 is 4.79 Å². The van der Waals surface area contributed by atoms with Crippen LogP contribution in [0.1, 0.15) is 29.9 Å². The van der Waals surface area contributed by atoms with E-state index >= 15 is 0 Å². The third-order valence-electron chi connectivity index (χ3n) is 5.48. The Balaban J connectivity index is 1.82. The smallest absolute Gasteiger partial charge is 0.220 e. The summed E-state index contributed by atoms with van der Waals surface area (Å²) in [7, 11) is 0. The van der Waals surface area contributed by atoms with Crippen molar-refractivity contribution in [2.45, 2.75) is 24.3 Å². The number of fused-ring (bicyclic) bond motifs is 4. The van der Waals surface area contributed by atoms with Gasteiger partial charge in [-0.2, -0.15) is 0 Å². The van der Waals surface area contributed by atoms with Crippen molar-refractivity contribution in [1.29, 1.82) is 0 Å². The monoisotopic (exact) mass is 303 g/mol. The number of hydrogen-bond acceptors (Lipinski definition) is 3. The van der Waals surface area contributed by atoms with Gasteiger partial charge in [0.1, 0.15) is 0 Å². The molecule has 0 aliphatic carbocycles. The molecule has 1 spiro atoms. The molecule has 2 aromatic carbocycles. The van der Waals surface area contributed by atoms with Crippen LogP contribution in [0, 0.1) is 0 Å². The lowest BCUT2D eigenvalue weighted by atomic mass is 9.72. The van der Waals surface area contributed by atoms with Gasteiger partial charge in [0.25, 0.3) is 0 Å². The van der Waals surface area contributed by atoms with Crippen LogP contribution in [0.5, 0.6) is 0 Å². The van der Waals surface area contributed by atoms with E-state index in [1.165, 1.54) is 16.8 Å². The molecule has 4 nitrogen and oxygen atoms in total. The Bertz CT molecular complexity index is 844. The van der Waals surface area contributed by atoms with Crippen molar-refractivity contribution in [2.24, 2.45) is 4.99 Å². The first-order valence-corrected chi connectivity index (χ1v) is 8.09. The topological polar surface area (TPSA) is 44.7 Å². The largest absolute Gasteiger partial charge is 0.356 e. The van der Waals surface area contributed by atoms with Gasteiger partial charge in [-0.3, -0.25) is 4.79 Å². The first-order chi connectivity index (χ1) is 11.3. The standard InChI is InChI=1S/C19H17N3O/c23-18-11-15-13-5-1-4-8-17(13)22-12-21-16-7-3-2-6-14(16)19(15,22)9-10-20-18/h1-8,12,15H,9-11H2,(H,20,23)/t15-,19+/m1/s1. The molecule has 2 aromatic rings. The molecule has 5 rings (SSSR count). The average molecular weight is 303 g/mol. The first kappa shape index (κ1) is 12.9. The van der Waals surface area contributed by atoms with E-state index in [1.807, 2.05) is 12.4 Å². The van der Waals surface area contributed by atoms with E-state index in [1.54, 1.807) is 0 Å². The van der Waals surface area contributed by atoms with Crippen LogP contribution < -0.4 is 10.2 Å². The fourth-order valence-electron chi connectivity index (χ4n) is 4.55. The van der Waals surface area contributed by atoms with Gasteiger partial charge in [-0.25, -0.2) is 4.99 Å². The molecule has 0 aromatic heterocycles. The van der Waals surface area contributed by atoms with Crippen LogP contribution in [0.2, 0.25) is 0 Å². The molecule has 1 fully saturated rings. The van der Waals surface area contributed by atoms with E-state index in [0.29, 0.717) is 13.0 Å². The average Bonchev–Trinajstić information content (AvgIpc) is 2.74. The molecule has 4 heteroatoms. The number of aliphatic imine (C=N–C) groups is 1. The van der Waals surface area contributed by atoms with Gasteiger partial charge in [0, 0.05) is 30.1 Å². The lowest BCUT2D eigenvalue weighted by Gasteiger charge is -2.44. The normalized spacial score (nSPS) is 27.4. The number of carbonyl (C=O) groups excluding carboxylic acids is 1. The van der Waals surface area contributed by atoms with Gasteiger partial charge in [-0.15, -0.1) is 0 Å². The Kier molecular flexibility index (Phi) is 2.49. The molecule has 114 valence electrons. The van der Waals surface area contributed by atoms with Crippen molar-refractivity contribution in [1.82, 2.24) is 5.32 Å². The molecular weight excluding hydrogens is 286 g/mol. The van der Waals surface area contributed by atoms with E-state index in [-0.39, 0.29) is 17.4 Å². The molecule has 1 saturated heterocycles. The van der Waals surface area contributed by atoms with E-state index in [9.17, 15) is 4.79 Å². The van der Waals surface area contributed by atoms with Crippen LogP contribution in [0.4, 0.5) is 11.4 Å². The molecule has 0 radical (unpaired) electrons. The van der Waals surface area contributed by atoms with Crippen molar-refractivity contribution in [3.63, 3.8) is 0 Å². The highest BCUT2D eigenvalue weighted by Gasteiger charge is 2.55. The molecular formula is C19H17N3O. The van der Waals surface area contributed by atoms with E-state index in [4.69, 9.17) is 0 Å². The minimum atomic E-state index is -0.207. The molecule has 3 aliphatic rings. The van der Waals surface area contributed by atoms with Crippen LogP contribution in [0.25, 0.3) is 0 Å². The second kappa shape index (κ2) is 4.44. The van der Waals surface area contributed by atoms with Crippen molar-refractivity contribution in [3.8, 4) is 0 Å². The molecule has 0 bridgehead atoms. The van der Waals surface area contributed by atoms with Crippen LogP contribution in [-0.4, -0.2) is 18.8 Å². The molecule has 1 N–H and O–H groups in total. The summed E-state index contributed by atoms with van der Waals surface area (Å²) in [6.07, 6.45) is 3.37. The summed E-state index contributed by atoms with van der Waals surface area (Å²) < 4.78 is 0. The van der Waals surface area contributed by atoms with Crippen molar-refractivity contribution in [3.05, 3.63) is 59.7 Å². The van der Waals surface area contributed by atoms with E-state index in [2.05, 4.69) is 57.7 Å². The summed E-state index contributed by atoms with van der Waals surface area (Å²) in [6.45, 7) is 0.696. The number of carbonyl (C=O) groups is 1. The predicted octanol–water partition coefficient (Wildman–Crippen LogP) is 3.07. The molecule has 3 aliphatic heterocycles. The van der Waals surface area contributed by atoms with Gasteiger partial charge in [-0.05, 0) is 24.1 Å². The fourth-order valence-corrected chi connectivity index (χ4v) is 4.55. The van der Waals surface area contributed by atoms with Crippen LogP contribution in [0.3, 0.4) is 0 Å². The summed E-state index contributed by atoms with van der Waals surface area (Å²) in [5, 5.41) is 3.05. The Morgan fingerprint density at radius 3 is 2.91 bits per heavy atom. The number of benzene rings is 2. The van der Waals surface area contributed by atoms with Gasteiger partial charge < -0.3 is 10.2 Å². The number of hydrogen-bond donors (Lipinski definition) is 1. The Labute approximate surface area is 134 Å². The van der Waals surface area contributed by atoms with Gasteiger partial charge in [0.05, 0.1) is 17.6 Å². The Hall–Kier alpha value is -2.62. The minimum absolute atomic E-state index is 0.142. The highest BCUT2D eigenvalue weighted by Crippen LogP contribution is 2.59. The maximum absolute atomic E-state index is 12.3. The zero-order valence-electron chi connectivity index (χ0n) is 12.7. The summed E-state index contributed by atoms with van der Waals surface area (Å²) in [6, 6.07) is 16.8. The predicted molar refractivity (Wildman–Crippen MR) is 90.2 cm³/mol. The first-order valence-electron chi connectivity index (χ1n) is 8.09. The molecule has 23 heavy (non-hydrogen) atoms. The number of amides is 1. The zero-order chi connectivity index (χ0) is 15.4. The summed E-state index contributed by atoms with van der Waals surface area (Å²) in [4.78, 5) is 19.2. The Morgan fingerprint density at radius 1 is 1.13 bits per heavy atom. The lowest BCUT2D eigenvalue weighted by Crippen LogP contribution is -2.47. The minimum Gasteiger partial charge on any atom is -0.356 e. The van der Waals surface area contributed by atoms with Gasteiger partial charge in [0.15, 0.2) is 0 Å². The maximum Gasteiger partial charge on any atom is 0.220 e. The van der Waals surface area contributed by atoms with Gasteiger partial charge in [0.2, 0.25) is 5.91 Å². The van der Waals surface area contributed by atoms with Crippen LogP contribution in [0.15, 0.2) is 53.5 Å². The number of para-hydroxylation sites is 2. The molecule has 3 heterocycles. The van der Waals surface area contributed by atoms with E-state index in [0.717, 1.165) is 12.1 Å². The Morgan fingerprint density at radius 2 is 1.96 bits per heavy atom. The van der Waals surface area contributed by atoms with Crippen molar-refractivity contribution in [2.75, 3.05) is 11.4 Å². The van der Waals surface area contributed by atoms with Crippen LogP contribution >= 0.6 is 0 Å². The molecule has 2 atom stereocenters. The summed E-state index contributed by atoms with van der Waals surface area (Å²) >= 11 is 0. The highest BCUT2D eigenvalue weighted by atomic mass is 16.1. The van der Waals surface area contributed by atoms with Crippen molar-refractivity contribution >= 4 is 23.6 Å². The molecule has 0 saturated carbocycles. The summed E-state index contributed by atoms with van der Waals surface area (Å²) in [5.74, 6) is 0.303. The fraction of sp³-hybridized carbons (Fsp3) is 0.263. The number of nitrogens with one attached hydrogen (secondary N) is 1. The lowest BCUT2D eigenvalue weighted by molar-refractivity contribution is -0.121. The zero-order valence-corrected chi connectivity index (χ0v) is 12.7. The van der Waals surface area contributed by atoms with E-state index < -0.39 is 0 Å². The second-order valence-electron chi connectivity index (χ2n) is 6.47. The number of rotatable bonds is 0. The van der Waals surface area contributed by atoms with Gasteiger partial charge >= 0.3 is 0 Å². The highest BCUT2D eigenvalue weighted by molar-refractivity contribution is 5.93. The second-order valence-corrected chi connectivity index (χ2v) is 6.47.